The predicted octanol–water partition coefficient (Wildman–Crippen LogP) is 1.92. The highest BCUT2D eigenvalue weighted by molar-refractivity contribution is 6.30. The van der Waals surface area contributed by atoms with E-state index in [2.05, 4.69) is 32.3 Å². The van der Waals surface area contributed by atoms with Crippen LogP contribution in [0.3, 0.4) is 0 Å². The molecule has 5 nitrogen and oxygen atoms in total. The molecule has 2 aromatic rings. The average molecular weight is 278 g/mol. The van der Waals surface area contributed by atoms with Gasteiger partial charge >= 0.3 is 0 Å². The van der Waals surface area contributed by atoms with E-state index in [1.165, 1.54) is 0 Å². The maximum absolute atomic E-state index is 5.88. The number of benzene rings is 1. The number of rotatable bonds is 2. The molecule has 1 aromatic heterocycles. The highest BCUT2D eigenvalue weighted by atomic mass is 35.5. The van der Waals surface area contributed by atoms with Gasteiger partial charge in [0, 0.05) is 36.3 Å². The monoisotopic (exact) mass is 277 g/mol. The lowest BCUT2D eigenvalue weighted by atomic mass is 10.2. The largest absolute Gasteiger partial charge is 0.337 e. The number of aromatic amines is 1. The van der Waals surface area contributed by atoms with Crippen molar-refractivity contribution in [1.82, 2.24) is 20.5 Å². The molecule has 2 heterocycles. The van der Waals surface area contributed by atoms with Crippen molar-refractivity contribution in [3.05, 3.63) is 29.3 Å². The third kappa shape index (κ3) is 2.72. The minimum atomic E-state index is 0.464. The van der Waals surface area contributed by atoms with E-state index in [4.69, 9.17) is 11.6 Å². The van der Waals surface area contributed by atoms with Gasteiger partial charge in [-0.3, -0.25) is 5.10 Å². The summed E-state index contributed by atoms with van der Waals surface area (Å²) in [5.74, 6) is 1.54. The highest BCUT2D eigenvalue weighted by Crippen LogP contribution is 2.20. The molecule has 0 aliphatic carbocycles. The summed E-state index contributed by atoms with van der Waals surface area (Å²) in [6.07, 6.45) is 0. The lowest BCUT2D eigenvalue weighted by molar-refractivity contribution is 0.480. The lowest BCUT2D eigenvalue weighted by Crippen LogP contribution is -2.49. The Morgan fingerprint density at radius 2 is 2.11 bits per heavy atom. The fourth-order valence-electron chi connectivity index (χ4n) is 2.25. The molecule has 1 atom stereocenters. The highest BCUT2D eigenvalue weighted by Gasteiger charge is 2.19. The first-order valence-electron chi connectivity index (χ1n) is 6.39. The molecule has 3 rings (SSSR count). The van der Waals surface area contributed by atoms with E-state index in [1.54, 1.807) is 0 Å². The Labute approximate surface area is 117 Å². The van der Waals surface area contributed by atoms with Gasteiger partial charge < -0.3 is 10.2 Å². The fraction of sp³-hybridized carbons (Fsp3) is 0.385. The Hall–Kier alpha value is -1.59. The minimum Gasteiger partial charge on any atom is -0.337 e. The van der Waals surface area contributed by atoms with Crippen molar-refractivity contribution in [1.29, 1.82) is 0 Å². The molecule has 1 aliphatic heterocycles. The van der Waals surface area contributed by atoms with Crippen LogP contribution in [0, 0.1) is 0 Å². The van der Waals surface area contributed by atoms with Crippen molar-refractivity contribution in [2.75, 3.05) is 24.5 Å². The molecule has 1 aliphatic rings. The predicted molar refractivity (Wildman–Crippen MR) is 76.5 cm³/mol. The average Bonchev–Trinajstić information content (AvgIpc) is 2.89. The van der Waals surface area contributed by atoms with Gasteiger partial charge in [0.2, 0.25) is 5.95 Å². The molecule has 1 aromatic carbocycles. The summed E-state index contributed by atoms with van der Waals surface area (Å²) < 4.78 is 0. The molecule has 0 bridgehead atoms. The van der Waals surface area contributed by atoms with Crippen LogP contribution in [0.1, 0.15) is 6.92 Å². The minimum absolute atomic E-state index is 0.464. The quantitative estimate of drug-likeness (QED) is 0.881. The van der Waals surface area contributed by atoms with Gasteiger partial charge in [-0.15, -0.1) is 5.10 Å². The molecule has 1 fully saturated rings. The smallest absolute Gasteiger partial charge is 0.245 e. The van der Waals surface area contributed by atoms with Gasteiger partial charge in [0.1, 0.15) is 0 Å². The van der Waals surface area contributed by atoms with Crippen molar-refractivity contribution >= 4 is 17.5 Å². The molecule has 6 heteroatoms. The van der Waals surface area contributed by atoms with E-state index in [9.17, 15) is 0 Å². The maximum Gasteiger partial charge on any atom is 0.245 e. The molecule has 100 valence electrons. The Balaban J connectivity index is 1.81. The maximum atomic E-state index is 5.88. The third-order valence-electron chi connectivity index (χ3n) is 3.24. The second-order valence-electron chi connectivity index (χ2n) is 4.79. The van der Waals surface area contributed by atoms with Crippen LogP contribution in [0.5, 0.6) is 0 Å². The molecule has 0 saturated carbocycles. The number of aromatic nitrogens is 3. The summed E-state index contributed by atoms with van der Waals surface area (Å²) in [7, 11) is 0. The number of hydrogen-bond donors (Lipinski definition) is 2. The van der Waals surface area contributed by atoms with E-state index in [0.717, 1.165) is 42.0 Å². The van der Waals surface area contributed by atoms with Crippen LogP contribution in [-0.2, 0) is 0 Å². The van der Waals surface area contributed by atoms with Crippen molar-refractivity contribution in [2.24, 2.45) is 0 Å². The number of piperazine rings is 1. The van der Waals surface area contributed by atoms with E-state index >= 15 is 0 Å². The summed E-state index contributed by atoms with van der Waals surface area (Å²) in [5, 5.41) is 11.4. The SMILES string of the molecule is C[C@H]1CN(c2n[nH]c(-c3ccc(Cl)cc3)n2)CCN1. The van der Waals surface area contributed by atoms with Gasteiger partial charge in [-0.05, 0) is 31.2 Å². The summed E-state index contributed by atoms with van der Waals surface area (Å²) in [5.41, 5.74) is 0.992. The van der Waals surface area contributed by atoms with Gasteiger partial charge in [0.05, 0.1) is 0 Å². The first-order valence-corrected chi connectivity index (χ1v) is 6.77. The molecule has 0 amide bonds. The summed E-state index contributed by atoms with van der Waals surface area (Å²) in [4.78, 5) is 6.75. The zero-order chi connectivity index (χ0) is 13.2. The van der Waals surface area contributed by atoms with Crippen LogP contribution in [-0.4, -0.2) is 40.9 Å². The molecule has 0 spiro atoms. The van der Waals surface area contributed by atoms with Gasteiger partial charge in [-0.25, -0.2) is 0 Å². The normalized spacial score (nSPS) is 19.7. The van der Waals surface area contributed by atoms with E-state index in [0.29, 0.717) is 6.04 Å². The number of halogens is 1. The number of nitrogens with one attached hydrogen (secondary N) is 2. The molecular weight excluding hydrogens is 262 g/mol. The Kier molecular flexibility index (Phi) is 3.40. The van der Waals surface area contributed by atoms with E-state index in [-0.39, 0.29) is 0 Å². The fourth-order valence-corrected chi connectivity index (χ4v) is 2.37. The Morgan fingerprint density at radius 3 is 2.84 bits per heavy atom. The van der Waals surface area contributed by atoms with Crippen LogP contribution in [0.25, 0.3) is 11.4 Å². The van der Waals surface area contributed by atoms with Gasteiger partial charge in [0.25, 0.3) is 0 Å². The van der Waals surface area contributed by atoms with Crippen molar-refractivity contribution in [2.45, 2.75) is 13.0 Å². The van der Waals surface area contributed by atoms with Crippen molar-refractivity contribution in [3.63, 3.8) is 0 Å². The summed E-state index contributed by atoms with van der Waals surface area (Å²) >= 11 is 5.88. The lowest BCUT2D eigenvalue weighted by Gasteiger charge is -2.30. The van der Waals surface area contributed by atoms with E-state index < -0.39 is 0 Å². The summed E-state index contributed by atoms with van der Waals surface area (Å²) in [6.45, 7) is 4.99. The molecular formula is C13H16ClN5. The zero-order valence-corrected chi connectivity index (χ0v) is 11.5. The van der Waals surface area contributed by atoms with Crippen LogP contribution >= 0.6 is 11.6 Å². The van der Waals surface area contributed by atoms with Gasteiger partial charge in [-0.1, -0.05) is 11.6 Å². The Morgan fingerprint density at radius 1 is 1.32 bits per heavy atom. The second-order valence-corrected chi connectivity index (χ2v) is 5.23. The standard InChI is InChI=1S/C13H16ClN5/c1-9-8-19(7-6-15-9)13-16-12(17-18-13)10-2-4-11(14)5-3-10/h2-5,9,15H,6-8H2,1H3,(H,16,17,18)/t9-/m0/s1. The van der Waals surface area contributed by atoms with Crippen LogP contribution in [0.4, 0.5) is 5.95 Å². The number of H-pyrrole nitrogens is 1. The number of nitrogens with zero attached hydrogens (tertiary/aromatic N) is 3. The topological polar surface area (TPSA) is 56.8 Å². The van der Waals surface area contributed by atoms with Crippen molar-refractivity contribution < 1.29 is 0 Å². The molecule has 1 saturated heterocycles. The first kappa shape index (κ1) is 12.4. The van der Waals surface area contributed by atoms with Crippen LogP contribution in [0.15, 0.2) is 24.3 Å². The van der Waals surface area contributed by atoms with Crippen molar-refractivity contribution in [3.8, 4) is 11.4 Å². The molecule has 19 heavy (non-hydrogen) atoms. The van der Waals surface area contributed by atoms with E-state index in [1.807, 2.05) is 24.3 Å². The third-order valence-corrected chi connectivity index (χ3v) is 3.49. The molecule has 0 unspecified atom stereocenters. The van der Waals surface area contributed by atoms with Crippen LogP contribution < -0.4 is 10.2 Å². The molecule has 2 N–H and O–H groups in total. The first-order chi connectivity index (χ1) is 9.22. The number of anilines is 1. The van der Waals surface area contributed by atoms with Crippen LogP contribution in [0.2, 0.25) is 5.02 Å². The molecule has 0 radical (unpaired) electrons. The Bertz CT molecular complexity index is 550. The van der Waals surface area contributed by atoms with Gasteiger partial charge in [-0.2, -0.15) is 4.98 Å². The number of hydrogen-bond acceptors (Lipinski definition) is 4. The second kappa shape index (κ2) is 5.19. The zero-order valence-electron chi connectivity index (χ0n) is 10.7. The summed E-state index contributed by atoms with van der Waals surface area (Å²) in [6, 6.07) is 8.05. The van der Waals surface area contributed by atoms with Gasteiger partial charge in [0.15, 0.2) is 5.82 Å².